The van der Waals surface area contributed by atoms with E-state index >= 15 is 0 Å². The molecule has 0 unspecified atom stereocenters. The van der Waals surface area contributed by atoms with Gasteiger partial charge in [0.05, 0.1) is 6.54 Å². The molecule has 1 aromatic rings. The maximum Gasteiger partial charge on any atom is 0.126 e. The first kappa shape index (κ1) is 13.9. The van der Waals surface area contributed by atoms with Crippen LogP contribution in [0.25, 0.3) is 0 Å². The van der Waals surface area contributed by atoms with Crippen LogP contribution in [0.3, 0.4) is 0 Å². The van der Waals surface area contributed by atoms with Crippen molar-refractivity contribution in [2.24, 2.45) is 11.7 Å². The summed E-state index contributed by atoms with van der Waals surface area (Å²) in [5.41, 5.74) is 8.42. The van der Waals surface area contributed by atoms with Crippen LogP contribution in [-0.4, -0.2) is 13.1 Å². The Hall–Kier alpha value is -1.53. The molecule has 102 valence electrons. The van der Waals surface area contributed by atoms with Crippen molar-refractivity contribution in [1.82, 2.24) is 0 Å². The van der Waals surface area contributed by atoms with Gasteiger partial charge in [0.25, 0.3) is 0 Å². The van der Waals surface area contributed by atoms with Gasteiger partial charge in [0.15, 0.2) is 0 Å². The van der Waals surface area contributed by atoms with Gasteiger partial charge in [0, 0.05) is 18.3 Å². The van der Waals surface area contributed by atoms with E-state index in [1.165, 1.54) is 12.8 Å². The van der Waals surface area contributed by atoms with E-state index in [0.29, 0.717) is 12.1 Å². The van der Waals surface area contributed by atoms with Crippen LogP contribution < -0.4 is 10.6 Å². The van der Waals surface area contributed by atoms with Gasteiger partial charge in [-0.15, -0.1) is 6.42 Å². The lowest BCUT2D eigenvalue weighted by atomic mass is 10.0. The largest absolute Gasteiger partial charge is 0.360 e. The second-order valence-corrected chi connectivity index (χ2v) is 5.48. The van der Waals surface area contributed by atoms with Gasteiger partial charge in [-0.25, -0.2) is 4.39 Å². The average molecular weight is 260 g/mol. The molecule has 0 aliphatic heterocycles. The van der Waals surface area contributed by atoms with Crippen molar-refractivity contribution >= 4 is 5.69 Å². The molecule has 1 fully saturated rings. The first-order valence-corrected chi connectivity index (χ1v) is 6.77. The summed E-state index contributed by atoms with van der Waals surface area (Å²) in [5, 5.41) is 0. The molecule has 1 saturated carbocycles. The summed E-state index contributed by atoms with van der Waals surface area (Å²) >= 11 is 0. The number of nitrogens with zero attached hydrogens (tertiary/aromatic N) is 1. The van der Waals surface area contributed by atoms with Crippen LogP contribution >= 0.6 is 0 Å². The van der Waals surface area contributed by atoms with Crippen molar-refractivity contribution < 1.29 is 4.39 Å². The Morgan fingerprint density at radius 2 is 2.21 bits per heavy atom. The monoisotopic (exact) mass is 260 g/mol. The Morgan fingerprint density at radius 3 is 2.74 bits per heavy atom. The highest BCUT2D eigenvalue weighted by molar-refractivity contribution is 5.58. The van der Waals surface area contributed by atoms with E-state index in [9.17, 15) is 4.39 Å². The zero-order valence-electron chi connectivity index (χ0n) is 11.6. The molecule has 2 nitrogen and oxygen atoms in total. The molecule has 0 radical (unpaired) electrons. The fraction of sp³-hybridized carbons (Fsp3) is 0.500. The minimum absolute atomic E-state index is 0.204. The van der Waals surface area contributed by atoms with Gasteiger partial charge in [-0.05, 0) is 55.9 Å². The van der Waals surface area contributed by atoms with Gasteiger partial charge >= 0.3 is 0 Å². The zero-order valence-corrected chi connectivity index (χ0v) is 11.6. The van der Waals surface area contributed by atoms with Gasteiger partial charge in [-0.1, -0.05) is 5.92 Å². The maximum atomic E-state index is 13.7. The number of halogens is 1. The quantitative estimate of drug-likeness (QED) is 0.825. The van der Waals surface area contributed by atoms with E-state index < -0.39 is 0 Å². The Bertz CT molecular complexity index is 498. The lowest BCUT2D eigenvalue weighted by Gasteiger charge is -2.27. The van der Waals surface area contributed by atoms with Crippen molar-refractivity contribution in [2.45, 2.75) is 32.7 Å². The number of hydrogen-bond acceptors (Lipinski definition) is 2. The molecule has 0 aromatic heterocycles. The van der Waals surface area contributed by atoms with Crippen molar-refractivity contribution in [2.75, 3.05) is 18.0 Å². The fourth-order valence-electron chi connectivity index (χ4n) is 2.29. The van der Waals surface area contributed by atoms with Crippen LogP contribution in [0.4, 0.5) is 10.1 Å². The topological polar surface area (TPSA) is 29.3 Å². The van der Waals surface area contributed by atoms with Crippen molar-refractivity contribution in [3.05, 3.63) is 29.1 Å². The van der Waals surface area contributed by atoms with Crippen LogP contribution in [0.5, 0.6) is 0 Å². The van der Waals surface area contributed by atoms with Gasteiger partial charge in [0.1, 0.15) is 5.82 Å². The highest BCUT2D eigenvalue weighted by Gasteiger charge is 2.26. The summed E-state index contributed by atoms with van der Waals surface area (Å²) in [7, 11) is 0. The predicted molar refractivity (Wildman–Crippen MR) is 77.5 cm³/mol. The smallest absolute Gasteiger partial charge is 0.126 e. The van der Waals surface area contributed by atoms with Crippen molar-refractivity contribution in [1.29, 1.82) is 0 Å². The lowest BCUT2D eigenvalue weighted by molar-refractivity contribution is 0.612. The summed E-state index contributed by atoms with van der Waals surface area (Å²) in [6, 6.07) is 3.21. The molecule has 0 heterocycles. The van der Waals surface area contributed by atoms with Crippen LogP contribution in [0.15, 0.2) is 12.1 Å². The Kier molecular flexibility index (Phi) is 4.11. The van der Waals surface area contributed by atoms with Crippen LogP contribution in [0, 0.1) is 31.0 Å². The maximum absolute atomic E-state index is 13.7. The molecule has 1 aliphatic carbocycles. The summed E-state index contributed by atoms with van der Waals surface area (Å²) in [5.74, 6) is 3.21. The molecule has 1 atom stereocenters. The molecule has 1 aromatic carbocycles. The average Bonchev–Trinajstić information content (AvgIpc) is 3.15. The predicted octanol–water partition coefficient (Wildman–Crippen LogP) is 3.00. The van der Waals surface area contributed by atoms with Gasteiger partial charge in [-0.3, -0.25) is 0 Å². The SMILES string of the molecule is C#CCN(CC1CC1)c1cc(C)c(F)cc1[C@H](C)N. The van der Waals surface area contributed by atoms with E-state index in [1.54, 1.807) is 13.0 Å². The third kappa shape index (κ3) is 3.27. The molecular formula is C16H21FN2. The van der Waals surface area contributed by atoms with Gasteiger partial charge < -0.3 is 10.6 Å². The normalized spacial score (nSPS) is 15.9. The zero-order chi connectivity index (χ0) is 14.0. The molecule has 3 heteroatoms. The second kappa shape index (κ2) is 5.63. The lowest BCUT2D eigenvalue weighted by Crippen LogP contribution is -2.28. The van der Waals surface area contributed by atoms with Crippen LogP contribution in [-0.2, 0) is 0 Å². The number of anilines is 1. The van der Waals surface area contributed by atoms with Gasteiger partial charge in [-0.2, -0.15) is 0 Å². The molecule has 19 heavy (non-hydrogen) atoms. The minimum atomic E-state index is -0.205. The Balaban J connectivity index is 2.38. The molecule has 0 bridgehead atoms. The van der Waals surface area contributed by atoms with E-state index in [1.807, 2.05) is 13.0 Å². The summed E-state index contributed by atoms with van der Waals surface area (Å²) in [6.45, 7) is 5.13. The highest BCUT2D eigenvalue weighted by atomic mass is 19.1. The Morgan fingerprint density at radius 1 is 1.53 bits per heavy atom. The minimum Gasteiger partial charge on any atom is -0.360 e. The molecule has 1 aliphatic rings. The summed E-state index contributed by atoms with van der Waals surface area (Å²) < 4.78 is 13.7. The van der Waals surface area contributed by atoms with Crippen LogP contribution in [0.1, 0.15) is 36.9 Å². The molecule has 2 rings (SSSR count). The number of nitrogens with two attached hydrogens (primary N) is 1. The second-order valence-electron chi connectivity index (χ2n) is 5.48. The van der Waals surface area contributed by atoms with E-state index in [0.717, 1.165) is 23.7 Å². The van der Waals surface area contributed by atoms with Crippen molar-refractivity contribution in [3.63, 3.8) is 0 Å². The molecular weight excluding hydrogens is 239 g/mol. The van der Waals surface area contributed by atoms with E-state index in [2.05, 4.69) is 10.8 Å². The molecule has 0 amide bonds. The van der Waals surface area contributed by atoms with Crippen molar-refractivity contribution in [3.8, 4) is 12.3 Å². The van der Waals surface area contributed by atoms with E-state index in [-0.39, 0.29) is 11.9 Å². The number of terminal acetylenes is 1. The first-order chi connectivity index (χ1) is 9.02. The summed E-state index contributed by atoms with van der Waals surface area (Å²) in [4.78, 5) is 2.16. The number of rotatable bonds is 5. The standard InChI is InChI=1S/C16H21FN2/c1-4-7-19(10-13-5-6-13)16-8-11(2)15(17)9-14(16)12(3)18/h1,8-9,12-13H,5-7,10,18H2,2-3H3/t12-/m0/s1. The molecule has 0 saturated heterocycles. The van der Waals surface area contributed by atoms with Gasteiger partial charge in [0.2, 0.25) is 0 Å². The Labute approximate surface area is 114 Å². The third-order valence-corrected chi connectivity index (χ3v) is 3.60. The highest BCUT2D eigenvalue weighted by Crippen LogP contribution is 2.34. The first-order valence-electron chi connectivity index (χ1n) is 6.77. The fourth-order valence-corrected chi connectivity index (χ4v) is 2.29. The number of benzene rings is 1. The molecule has 0 spiro atoms. The van der Waals surface area contributed by atoms with E-state index in [4.69, 9.17) is 12.2 Å². The number of aryl methyl sites for hydroxylation is 1. The number of hydrogen-bond donors (Lipinski definition) is 1. The summed E-state index contributed by atoms with van der Waals surface area (Å²) in [6.07, 6.45) is 7.98. The molecule has 2 N–H and O–H groups in total. The third-order valence-electron chi connectivity index (χ3n) is 3.60. The van der Waals surface area contributed by atoms with Crippen LogP contribution in [0.2, 0.25) is 0 Å².